The third-order valence-electron chi connectivity index (χ3n) is 2.20. The number of hydrogen-bond acceptors (Lipinski definition) is 5. The predicted octanol–water partition coefficient (Wildman–Crippen LogP) is 1.75. The van der Waals surface area contributed by atoms with Crippen LogP contribution in [0.1, 0.15) is 0 Å². The van der Waals surface area contributed by atoms with Gasteiger partial charge in [0.15, 0.2) is 5.75 Å². The highest BCUT2D eigenvalue weighted by Crippen LogP contribution is 2.29. The van der Waals surface area contributed by atoms with Gasteiger partial charge < -0.3 is 9.72 Å². The van der Waals surface area contributed by atoms with E-state index in [0.717, 1.165) is 0 Å². The Kier molecular flexibility index (Phi) is 2.99. The molecule has 7 nitrogen and oxygen atoms in total. The van der Waals surface area contributed by atoms with Gasteiger partial charge in [0, 0.05) is 29.2 Å². The van der Waals surface area contributed by atoms with Crippen molar-refractivity contribution in [1.29, 1.82) is 0 Å². The van der Waals surface area contributed by atoms with Crippen molar-refractivity contribution < 1.29 is 19.2 Å². The number of non-ortho nitro benzene ring substituents is 1. The summed E-state index contributed by atoms with van der Waals surface area (Å²) in [4.78, 5) is 34.4. The minimum atomic E-state index is -1.27. The van der Waals surface area contributed by atoms with E-state index in [2.05, 4.69) is 9.72 Å². The molecule has 92 valence electrons. The molecule has 18 heavy (non-hydrogen) atoms. The third-order valence-corrected chi connectivity index (χ3v) is 2.36. The summed E-state index contributed by atoms with van der Waals surface area (Å²) in [6.07, 6.45) is 1.31. The van der Waals surface area contributed by atoms with E-state index >= 15 is 0 Å². The Morgan fingerprint density at radius 1 is 1.39 bits per heavy atom. The molecule has 0 amide bonds. The number of fused-ring (bicyclic) bond motifs is 1. The SMILES string of the molecule is O=C(Cl)C(=O)Oc1c[nH]c2ccc([N+](=O)[O-])cc12. The maximum absolute atomic E-state index is 11.0. The van der Waals surface area contributed by atoms with Crippen molar-refractivity contribution in [1.82, 2.24) is 4.98 Å². The molecule has 0 spiro atoms. The molecule has 1 heterocycles. The Balaban J connectivity index is 2.45. The fourth-order valence-corrected chi connectivity index (χ4v) is 1.46. The Labute approximate surface area is 104 Å². The van der Waals surface area contributed by atoms with E-state index in [-0.39, 0.29) is 11.4 Å². The summed E-state index contributed by atoms with van der Waals surface area (Å²) < 4.78 is 4.69. The molecule has 0 aliphatic carbocycles. The fourth-order valence-electron chi connectivity index (χ4n) is 1.42. The summed E-state index contributed by atoms with van der Waals surface area (Å²) >= 11 is 4.95. The van der Waals surface area contributed by atoms with E-state index < -0.39 is 16.1 Å². The van der Waals surface area contributed by atoms with Gasteiger partial charge in [0.1, 0.15) is 0 Å². The first-order valence-electron chi connectivity index (χ1n) is 4.66. The Morgan fingerprint density at radius 2 is 2.11 bits per heavy atom. The average molecular weight is 269 g/mol. The number of esters is 1. The highest BCUT2D eigenvalue weighted by atomic mass is 35.5. The van der Waals surface area contributed by atoms with E-state index in [0.29, 0.717) is 10.9 Å². The lowest BCUT2D eigenvalue weighted by molar-refractivity contribution is -0.384. The first kappa shape index (κ1) is 12.1. The molecule has 0 atom stereocenters. The number of hydrogen-bond donors (Lipinski definition) is 1. The minimum absolute atomic E-state index is 0.00713. The number of rotatable bonds is 3. The van der Waals surface area contributed by atoms with Crippen molar-refractivity contribution in [2.45, 2.75) is 0 Å². The molecule has 0 saturated heterocycles. The summed E-state index contributed by atoms with van der Waals surface area (Å²) in [5.74, 6) is -1.24. The number of nitro groups is 1. The molecule has 1 aromatic carbocycles. The second kappa shape index (κ2) is 4.46. The zero-order chi connectivity index (χ0) is 13.3. The van der Waals surface area contributed by atoms with Gasteiger partial charge in [-0.05, 0) is 17.7 Å². The van der Waals surface area contributed by atoms with Crippen LogP contribution in [-0.4, -0.2) is 21.1 Å². The van der Waals surface area contributed by atoms with Crippen LogP contribution in [0.5, 0.6) is 5.75 Å². The number of aromatic nitrogens is 1. The normalized spacial score (nSPS) is 10.3. The Bertz CT molecular complexity index is 663. The quantitative estimate of drug-likeness (QED) is 0.300. The standard InChI is InChI=1S/C10H5ClN2O5/c11-9(14)10(15)18-8-4-12-7-2-1-5(13(16)17)3-6(7)8/h1-4,12H. The first-order chi connectivity index (χ1) is 8.49. The summed E-state index contributed by atoms with van der Waals surface area (Å²) in [6.45, 7) is 0. The maximum atomic E-state index is 11.0. The average Bonchev–Trinajstić information content (AvgIpc) is 2.71. The second-order valence-corrected chi connectivity index (χ2v) is 3.65. The van der Waals surface area contributed by atoms with Gasteiger partial charge in [-0.3, -0.25) is 14.9 Å². The van der Waals surface area contributed by atoms with Crippen molar-refractivity contribution >= 4 is 39.4 Å². The summed E-state index contributed by atoms with van der Waals surface area (Å²) in [7, 11) is 0. The number of halogens is 1. The molecule has 0 fully saturated rings. The van der Waals surface area contributed by atoms with Gasteiger partial charge in [-0.25, -0.2) is 4.79 Å². The predicted molar refractivity (Wildman–Crippen MR) is 61.4 cm³/mol. The summed E-state index contributed by atoms with van der Waals surface area (Å²) in [6, 6.07) is 4.00. The van der Waals surface area contributed by atoms with Crippen molar-refractivity contribution in [3.63, 3.8) is 0 Å². The Morgan fingerprint density at radius 3 is 2.72 bits per heavy atom. The van der Waals surface area contributed by atoms with Gasteiger partial charge >= 0.3 is 11.2 Å². The van der Waals surface area contributed by atoms with E-state index in [1.807, 2.05) is 0 Å². The molecular weight excluding hydrogens is 264 g/mol. The molecule has 0 aliphatic heterocycles. The van der Waals surface area contributed by atoms with Gasteiger partial charge in [-0.2, -0.15) is 0 Å². The fraction of sp³-hybridized carbons (Fsp3) is 0. The van der Waals surface area contributed by atoms with Gasteiger partial charge in [0.2, 0.25) is 0 Å². The van der Waals surface area contributed by atoms with Crippen LogP contribution < -0.4 is 4.74 Å². The lowest BCUT2D eigenvalue weighted by Crippen LogP contribution is -2.14. The zero-order valence-corrected chi connectivity index (χ0v) is 9.43. The van der Waals surface area contributed by atoms with Gasteiger partial charge in [-0.1, -0.05) is 0 Å². The molecule has 0 bridgehead atoms. The highest BCUT2D eigenvalue weighted by molar-refractivity contribution is 6.80. The maximum Gasteiger partial charge on any atom is 0.396 e. The van der Waals surface area contributed by atoms with E-state index in [4.69, 9.17) is 11.6 Å². The molecule has 0 radical (unpaired) electrons. The van der Waals surface area contributed by atoms with Crippen molar-refractivity contribution in [2.24, 2.45) is 0 Å². The highest BCUT2D eigenvalue weighted by Gasteiger charge is 2.17. The molecule has 2 rings (SSSR count). The van der Waals surface area contributed by atoms with E-state index in [1.165, 1.54) is 24.4 Å². The summed E-state index contributed by atoms with van der Waals surface area (Å²) in [5, 5.41) is 9.67. The number of benzene rings is 1. The van der Waals surface area contributed by atoms with Gasteiger partial charge in [0.05, 0.1) is 4.92 Å². The third kappa shape index (κ3) is 2.16. The van der Waals surface area contributed by atoms with Crippen LogP contribution in [0.3, 0.4) is 0 Å². The number of ether oxygens (including phenoxy) is 1. The van der Waals surface area contributed by atoms with Crippen LogP contribution in [0, 0.1) is 10.1 Å². The number of H-pyrrole nitrogens is 1. The lowest BCUT2D eigenvalue weighted by Gasteiger charge is -1.98. The van der Waals surface area contributed by atoms with Gasteiger partial charge in [0.25, 0.3) is 5.69 Å². The van der Waals surface area contributed by atoms with Crippen LogP contribution in [-0.2, 0) is 9.59 Å². The molecular formula is C10H5ClN2O5. The molecule has 2 aromatic rings. The smallest absolute Gasteiger partial charge is 0.396 e. The van der Waals surface area contributed by atoms with E-state index in [1.54, 1.807) is 0 Å². The first-order valence-corrected chi connectivity index (χ1v) is 5.04. The lowest BCUT2D eigenvalue weighted by atomic mass is 10.2. The van der Waals surface area contributed by atoms with Gasteiger partial charge in [-0.15, -0.1) is 0 Å². The number of nitrogens with one attached hydrogen (secondary N) is 1. The minimum Gasteiger partial charge on any atom is -0.418 e. The van der Waals surface area contributed by atoms with Crippen LogP contribution in [0.4, 0.5) is 5.69 Å². The van der Waals surface area contributed by atoms with Crippen LogP contribution in [0.15, 0.2) is 24.4 Å². The van der Waals surface area contributed by atoms with Crippen molar-refractivity contribution in [3.8, 4) is 5.75 Å². The molecule has 0 unspecified atom stereocenters. The number of aromatic amines is 1. The van der Waals surface area contributed by atoms with Crippen LogP contribution in [0.2, 0.25) is 0 Å². The number of carbonyl (C=O) groups is 2. The number of nitrogens with zero attached hydrogens (tertiary/aromatic N) is 1. The topological polar surface area (TPSA) is 102 Å². The summed E-state index contributed by atoms with van der Waals surface area (Å²) in [5.41, 5.74) is 0.377. The second-order valence-electron chi connectivity index (χ2n) is 3.30. The molecule has 0 saturated carbocycles. The number of nitro benzene ring substituents is 1. The molecule has 1 N–H and O–H groups in total. The van der Waals surface area contributed by atoms with Crippen LogP contribution >= 0.6 is 11.6 Å². The van der Waals surface area contributed by atoms with E-state index in [9.17, 15) is 19.7 Å². The zero-order valence-electron chi connectivity index (χ0n) is 8.68. The largest absolute Gasteiger partial charge is 0.418 e. The molecule has 0 aliphatic rings. The van der Waals surface area contributed by atoms with Crippen molar-refractivity contribution in [3.05, 3.63) is 34.5 Å². The van der Waals surface area contributed by atoms with Crippen molar-refractivity contribution in [2.75, 3.05) is 0 Å². The molecule has 1 aromatic heterocycles. The Hall–Kier alpha value is -2.41. The van der Waals surface area contributed by atoms with Crippen LogP contribution in [0.25, 0.3) is 10.9 Å². The number of carbonyl (C=O) groups excluding carboxylic acids is 2. The monoisotopic (exact) mass is 268 g/mol. The molecule has 8 heteroatoms.